The molecule has 1 amide bonds. The number of methoxy groups -OCH3 is 1. The Morgan fingerprint density at radius 1 is 1.18 bits per heavy atom. The third-order valence-corrected chi connectivity index (χ3v) is 7.84. The predicted octanol–water partition coefficient (Wildman–Crippen LogP) is 3.64. The molecule has 1 N–H and O–H groups in total. The number of carbonyl (C=O) groups excluding carboxylic acids is 2. The Bertz CT molecular complexity index is 1150. The van der Waals surface area contributed by atoms with E-state index in [1.165, 1.54) is 12.8 Å². The third kappa shape index (κ3) is 5.91. The highest BCUT2D eigenvalue weighted by atomic mass is 16.5. The highest BCUT2D eigenvalue weighted by Crippen LogP contribution is 2.37. The maximum Gasteiger partial charge on any atom is 0.229 e. The number of hydrogen-bond acceptors (Lipinski definition) is 9. The van der Waals surface area contributed by atoms with Gasteiger partial charge in [-0.15, -0.1) is 0 Å². The van der Waals surface area contributed by atoms with Crippen molar-refractivity contribution in [2.45, 2.75) is 51.0 Å². The first-order valence-electron chi connectivity index (χ1n) is 13.7. The molecule has 5 rings (SSSR count). The monoisotopic (exact) mass is 522 g/mol. The number of aromatic nitrogens is 2. The lowest BCUT2D eigenvalue weighted by molar-refractivity contribution is -0.118. The van der Waals surface area contributed by atoms with Gasteiger partial charge in [-0.1, -0.05) is 12.8 Å². The molecule has 2 fully saturated rings. The van der Waals surface area contributed by atoms with Crippen LogP contribution in [-0.2, 0) is 9.53 Å². The van der Waals surface area contributed by atoms with Gasteiger partial charge in [0, 0.05) is 51.1 Å². The van der Waals surface area contributed by atoms with Crippen LogP contribution >= 0.6 is 0 Å². The number of amides is 1. The van der Waals surface area contributed by atoms with Gasteiger partial charge in [-0.2, -0.15) is 4.98 Å². The van der Waals surface area contributed by atoms with Gasteiger partial charge in [-0.25, -0.2) is 4.98 Å². The second-order valence-electron chi connectivity index (χ2n) is 10.3. The maximum absolute atomic E-state index is 13.0. The zero-order valence-corrected chi connectivity index (χ0v) is 22.4. The van der Waals surface area contributed by atoms with Gasteiger partial charge in [0.05, 0.1) is 32.2 Å². The van der Waals surface area contributed by atoms with E-state index in [9.17, 15) is 9.59 Å². The molecular weight excluding hydrogens is 484 g/mol. The first kappa shape index (κ1) is 26.4. The van der Waals surface area contributed by atoms with Crippen LogP contribution in [0, 0.1) is 0 Å². The zero-order chi connectivity index (χ0) is 26.5. The normalized spacial score (nSPS) is 18.8. The summed E-state index contributed by atoms with van der Waals surface area (Å²) in [5.74, 6) is 1.95. The minimum absolute atomic E-state index is 0.0672. The van der Waals surface area contributed by atoms with E-state index in [1.807, 2.05) is 6.07 Å². The van der Waals surface area contributed by atoms with Crippen molar-refractivity contribution in [3.05, 3.63) is 30.0 Å². The summed E-state index contributed by atoms with van der Waals surface area (Å²) >= 11 is 0. The first-order valence-corrected chi connectivity index (χ1v) is 13.7. The molecule has 2 aromatic rings. The van der Waals surface area contributed by atoms with Gasteiger partial charge >= 0.3 is 0 Å². The molecule has 2 aliphatic heterocycles. The van der Waals surface area contributed by atoms with Crippen LogP contribution in [0.25, 0.3) is 0 Å². The smallest absolute Gasteiger partial charge is 0.229 e. The molecule has 0 unspecified atom stereocenters. The van der Waals surface area contributed by atoms with Crippen molar-refractivity contribution in [1.82, 2.24) is 14.9 Å². The number of fused-ring (bicyclic) bond motifs is 1. The average Bonchev–Trinajstić information content (AvgIpc) is 3.44. The van der Waals surface area contributed by atoms with E-state index in [0.29, 0.717) is 48.4 Å². The number of nitrogens with one attached hydrogen (secondary N) is 1. The molecule has 10 heteroatoms. The fourth-order valence-electron chi connectivity index (χ4n) is 5.60. The molecule has 10 nitrogen and oxygen atoms in total. The van der Waals surface area contributed by atoms with E-state index in [-0.39, 0.29) is 11.7 Å². The maximum atomic E-state index is 13.0. The lowest BCUT2D eigenvalue weighted by Crippen LogP contribution is -2.36. The second kappa shape index (κ2) is 12.1. The van der Waals surface area contributed by atoms with Gasteiger partial charge in [0.15, 0.2) is 11.6 Å². The summed E-state index contributed by atoms with van der Waals surface area (Å²) in [4.78, 5) is 41.3. The van der Waals surface area contributed by atoms with Crippen LogP contribution < -0.4 is 19.9 Å². The number of hydrogen-bond donors (Lipinski definition) is 1. The standard InChI is InChI=1S/C28H38N6O4/c1-32-23-19-29-28(31-27(23)34(13-11-26(32)36)21-6-3-4-7-21)30-22-18-20(9-10-25(22)37-2)24(35)8-5-12-33-14-16-38-17-15-33/h9-10,18-19,21H,3-8,11-17H2,1-2H3,(H,29,30,31). The number of ketones is 1. The van der Waals surface area contributed by atoms with Crippen LogP contribution in [0.4, 0.5) is 23.1 Å². The number of morpholine rings is 1. The summed E-state index contributed by atoms with van der Waals surface area (Å²) in [6, 6.07) is 5.80. The summed E-state index contributed by atoms with van der Waals surface area (Å²) in [6.45, 7) is 4.92. The molecule has 0 atom stereocenters. The molecule has 1 aromatic carbocycles. The highest BCUT2D eigenvalue weighted by Gasteiger charge is 2.31. The Balaban J connectivity index is 1.34. The molecule has 204 valence electrons. The largest absolute Gasteiger partial charge is 0.495 e. The molecule has 3 aliphatic rings. The van der Waals surface area contributed by atoms with Crippen LogP contribution in [0.5, 0.6) is 5.75 Å². The molecule has 1 aliphatic carbocycles. The minimum atomic E-state index is 0.0672. The van der Waals surface area contributed by atoms with E-state index in [4.69, 9.17) is 14.5 Å². The van der Waals surface area contributed by atoms with Crippen molar-refractivity contribution < 1.29 is 19.1 Å². The number of benzene rings is 1. The zero-order valence-electron chi connectivity index (χ0n) is 22.4. The molecular formula is C28H38N6O4. The number of carbonyl (C=O) groups is 2. The van der Waals surface area contributed by atoms with Crippen molar-refractivity contribution in [2.24, 2.45) is 0 Å². The Hall–Kier alpha value is -3.24. The summed E-state index contributed by atoms with van der Waals surface area (Å²) in [7, 11) is 3.39. The molecule has 0 spiro atoms. The van der Waals surface area contributed by atoms with Crippen LogP contribution in [0.3, 0.4) is 0 Å². The highest BCUT2D eigenvalue weighted by molar-refractivity contribution is 5.98. The SMILES string of the molecule is COc1ccc(C(=O)CCCN2CCOCC2)cc1Nc1ncc2c(n1)N(C1CCCC1)CCC(=O)N2C. The van der Waals surface area contributed by atoms with Crippen LogP contribution in [0.15, 0.2) is 24.4 Å². The topological polar surface area (TPSA) is 100 Å². The van der Waals surface area contributed by atoms with Crippen LogP contribution in [0.2, 0.25) is 0 Å². The van der Waals surface area contributed by atoms with E-state index < -0.39 is 0 Å². The van der Waals surface area contributed by atoms with Crippen LogP contribution in [0.1, 0.15) is 55.3 Å². The van der Waals surface area contributed by atoms with Crippen molar-refractivity contribution in [1.29, 1.82) is 0 Å². The van der Waals surface area contributed by atoms with E-state index in [2.05, 4.69) is 20.1 Å². The number of anilines is 4. The third-order valence-electron chi connectivity index (χ3n) is 7.84. The van der Waals surface area contributed by atoms with Gasteiger partial charge in [-0.3, -0.25) is 14.5 Å². The predicted molar refractivity (Wildman–Crippen MR) is 147 cm³/mol. The molecule has 1 aromatic heterocycles. The summed E-state index contributed by atoms with van der Waals surface area (Å²) < 4.78 is 11.0. The van der Waals surface area contributed by atoms with Gasteiger partial charge in [0.25, 0.3) is 0 Å². The number of rotatable bonds is 9. The van der Waals surface area contributed by atoms with E-state index in [1.54, 1.807) is 37.4 Å². The molecule has 1 saturated carbocycles. The van der Waals surface area contributed by atoms with Crippen LogP contribution in [-0.4, -0.2) is 86.2 Å². The minimum Gasteiger partial charge on any atom is -0.495 e. The second-order valence-corrected chi connectivity index (χ2v) is 10.3. The van der Waals surface area contributed by atoms with Gasteiger partial charge in [0.1, 0.15) is 11.4 Å². The Morgan fingerprint density at radius 2 is 1.97 bits per heavy atom. The molecule has 1 saturated heterocycles. The lowest BCUT2D eigenvalue weighted by Gasteiger charge is -2.30. The fraction of sp³-hybridized carbons (Fsp3) is 0.571. The Labute approximate surface area is 224 Å². The van der Waals surface area contributed by atoms with E-state index >= 15 is 0 Å². The summed E-state index contributed by atoms with van der Waals surface area (Å²) in [5.41, 5.74) is 1.99. The van der Waals surface area contributed by atoms with Crippen molar-refractivity contribution in [3.8, 4) is 5.75 Å². The molecule has 0 bridgehead atoms. The quantitative estimate of drug-likeness (QED) is 0.495. The van der Waals surface area contributed by atoms with E-state index in [0.717, 1.165) is 63.6 Å². The summed E-state index contributed by atoms with van der Waals surface area (Å²) in [5, 5.41) is 3.28. The molecule has 38 heavy (non-hydrogen) atoms. The first-order chi connectivity index (χ1) is 18.5. The molecule has 3 heterocycles. The fourth-order valence-corrected chi connectivity index (χ4v) is 5.60. The average molecular weight is 523 g/mol. The number of nitrogens with zero attached hydrogens (tertiary/aromatic N) is 5. The number of ether oxygens (including phenoxy) is 2. The summed E-state index contributed by atoms with van der Waals surface area (Å²) in [6.07, 6.45) is 8.06. The van der Waals surface area contributed by atoms with Crippen molar-refractivity contribution in [2.75, 3.05) is 68.7 Å². The van der Waals surface area contributed by atoms with Gasteiger partial charge in [0.2, 0.25) is 11.9 Å². The van der Waals surface area contributed by atoms with Crippen molar-refractivity contribution in [3.63, 3.8) is 0 Å². The van der Waals surface area contributed by atoms with Crippen molar-refractivity contribution >= 4 is 34.8 Å². The lowest BCUT2D eigenvalue weighted by atomic mass is 10.1. The van der Waals surface area contributed by atoms with Gasteiger partial charge < -0.3 is 24.6 Å². The molecule has 0 radical (unpaired) electrons. The Morgan fingerprint density at radius 3 is 2.74 bits per heavy atom. The van der Waals surface area contributed by atoms with Gasteiger partial charge in [-0.05, 0) is 44.0 Å². The number of Topliss-reactive ketones (excluding diaryl/α,β-unsaturated/α-hetero) is 1. The Kier molecular flexibility index (Phi) is 8.38.